The molecule has 0 saturated heterocycles. The molecule has 3 rings (SSSR count). The van der Waals surface area contributed by atoms with Gasteiger partial charge in [-0.25, -0.2) is 5.43 Å². The third kappa shape index (κ3) is 3.63. The monoisotopic (exact) mass is 323 g/mol. The van der Waals surface area contributed by atoms with Gasteiger partial charge in [-0.15, -0.1) is 0 Å². The molecule has 0 fully saturated rings. The van der Waals surface area contributed by atoms with E-state index in [0.29, 0.717) is 12.1 Å². The van der Waals surface area contributed by atoms with Crippen LogP contribution in [0.25, 0.3) is 0 Å². The standard InChI is InChI=1S/C19H21N3O2/c1-13-7-16-10-22(11-17(16)8-14(13)2)12-19(24)21-20-9-15-5-3-4-6-18(15)23/h3-9,23H,10-12H2,1-2H3,(H,21,24)/b20-9-. The summed E-state index contributed by atoms with van der Waals surface area (Å²) >= 11 is 0. The van der Waals surface area contributed by atoms with Crippen LogP contribution in [-0.4, -0.2) is 28.7 Å². The van der Waals surface area contributed by atoms with Gasteiger partial charge in [0.1, 0.15) is 5.75 Å². The van der Waals surface area contributed by atoms with Crippen LogP contribution < -0.4 is 5.43 Å². The van der Waals surface area contributed by atoms with Crippen molar-refractivity contribution in [2.75, 3.05) is 6.54 Å². The Morgan fingerprint density at radius 1 is 1.21 bits per heavy atom. The van der Waals surface area contributed by atoms with Gasteiger partial charge in [0.15, 0.2) is 0 Å². The number of aryl methyl sites for hydroxylation is 2. The smallest absolute Gasteiger partial charge is 0.254 e. The third-order valence-corrected chi connectivity index (χ3v) is 4.30. The van der Waals surface area contributed by atoms with Gasteiger partial charge in [0.2, 0.25) is 0 Å². The Labute approximate surface area is 141 Å². The van der Waals surface area contributed by atoms with E-state index in [9.17, 15) is 9.90 Å². The number of aromatic hydroxyl groups is 1. The predicted octanol–water partition coefficient (Wildman–Crippen LogP) is 2.47. The summed E-state index contributed by atoms with van der Waals surface area (Å²) in [5.41, 5.74) is 8.24. The molecule has 1 heterocycles. The number of hydrogen-bond donors (Lipinski definition) is 2. The van der Waals surface area contributed by atoms with E-state index >= 15 is 0 Å². The molecule has 0 unspecified atom stereocenters. The van der Waals surface area contributed by atoms with Crippen LogP contribution in [-0.2, 0) is 17.9 Å². The number of nitrogens with one attached hydrogen (secondary N) is 1. The molecule has 124 valence electrons. The number of carbonyl (C=O) groups is 1. The Morgan fingerprint density at radius 3 is 2.46 bits per heavy atom. The summed E-state index contributed by atoms with van der Waals surface area (Å²) < 4.78 is 0. The fraction of sp³-hybridized carbons (Fsp3) is 0.263. The first-order valence-electron chi connectivity index (χ1n) is 7.94. The van der Waals surface area contributed by atoms with Crippen LogP contribution in [0.5, 0.6) is 5.75 Å². The minimum absolute atomic E-state index is 0.135. The fourth-order valence-corrected chi connectivity index (χ4v) is 2.89. The lowest BCUT2D eigenvalue weighted by molar-refractivity contribution is -0.122. The number of amides is 1. The molecule has 0 saturated carbocycles. The van der Waals surface area contributed by atoms with Crippen molar-refractivity contribution in [3.8, 4) is 5.75 Å². The van der Waals surface area contributed by atoms with Crippen LogP contribution >= 0.6 is 0 Å². The Kier molecular flexibility index (Phi) is 4.62. The Balaban J connectivity index is 1.54. The molecular weight excluding hydrogens is 302 g/mol. The van der Waals surface area contributed by atoms with Crippen molar-refractivity contribution in [1.82, 2.24) is 10.3 Å². The zero-order valence-electron chi connectivity index (χ0n) is 13.9. The van der Waals surface area contributed by atoms with E-state index in [1.807, 2.05) is 0 Å². The first kappa shape index (κ1) is 16.2. The zero-order chi connectivity index (χ0) is 17.1. The molecule has 0 radical (unpaired) electrons. The van der Waals surface area contributed by atoms with Gasteiger partial charge in [0.05, 0.1) is 12.8 Å². The highest BCUT2D eigenvalue weighted by molar-refractivity contribution is 5.85. The van der Waals surface area contributed by atoms with Gasteiger partial charge in [-0.3, -0.25) is 9.69 Å². The number of hydrogen-bond acceptors (Lipinski definition) is 4. The maximum Gasteiger partial charge on any atom is 0.254 e. The number of rotatable bonds is 4. The minimum Gasteiger partial charge on any atom is -0.507 e. The molecule has 1 amide bonds. The molecule has 0 spiro atoms. The molecule has 1 aliphatic heterocycles. The number of hydrazone groups is 1. The van der Waals surface area contributed by atoms with Crippen LogP contribution in [0.1, 0.15) is 27.8 Å². The molecular formula is C19H21N3O2. The van der Waals surface area contributed by atoms with Gasteiger partial charge in [-0.2, -0.15) is 5.10 Å². The topological polar surface area (TPSA) is 64.9 Å². The molecule has 5 heteroatoms. The minimum atomic E-state index is -0.164. The van der Waals surface area contributed by atoms with Crippen LogP contribution in [0.4, 0.5) is 0 Å². The first-order chi connectivity index (χ1) is 11.5. The molecule has 0 atom stereocenters. The fourth-order valence-electron chi connectivity index (χ4n) is 2.89. The quantitative estimate of drug-likeness (QED) is 0.671. The second-order valence-corrected chi connectivity index (χ2v) is 6.20. The maximum absolute atomic E-state index is 12.0. The van der Waals surface area contributed by atoms with Gasteiger partial charge in [-0.05, 0) is 48.2 Å². The van der Waals surface area contributed by atoms with Gasteiger partial charge in [-0.1, -0.05) is 24.3 Å². The van der Waals surface area contributed by atoms with E-state index in [-0.39, 0.29) is 11.7 Å². The Morgan fingerprint density at radius 2 is 1.83 bits per heavy atom. The highest BCUT2D eigenvalue weighted by Gasteiger charge is 2.21. The van der Waals surface area contributed by atoms with Gasteiger partial charge in [0.25, 0.3) is 5.91 Å². The Hall–Kier alpha value is -2.66. The third-order valence-electron chi connectivity index (χ3n) is 4.30. The van der Waals surface area contributed by atoms with Crippen molar-refractivity contribution in [2.24, 2.45) is 5.10 Å². The van der Waals surface area contributed by atoms with E-state index < -0.39 is 0 Å². The molecule has 5 nitrogen and oxygen atoms in total. The van der Waals surface area contributed by atoms with Crippen LogP contribution in [0.2, 0.25) is 0 Å². The summed E-state index contributed by atoms with van der Waals surface area (Å²) in [5, 5.41) is 13.5. The van der Waals surface area contributed by atoms with Gasteiger partial charge < -0.3 is 5.11 Å². The first-order valence-corrected chi connectivity index (χ1v) is 7.94. The van der Waals surface area contributed by atoms with E-state index in [1.54, 1.807) is 24.3 Å². The molecule has 0 aromatic heterocycles. The molecule has 24 heavy (non-hydrogen) atoms. The van der Waals surface area contributed by atoms with Crippen molar-refractivity contribution < 1.29 is 9.90 Å². The number of fused-ring (bicyclic) bond motifs is 1. The number of phenols is 1. The summed E-state index contributed by atoms with van der Waals surface area (Å²) in [6.45, 7) is 6.09. The molecule has 2 aromatic carbocycles. The summed E-state index contributed by atoms with van der Waals surface area (Å²) in [4.78, 5) is 14.1. The van der Waals surface area contributed by atoms with Crippen molar-refractivity contribution in [1.29, 1.82) is 0 Å². The maximum atomic E-state index is 12.0. The molecule has 0 bridgehead atoms. The van der Waals surface area contributed by atoms with E-state index in [4.69, 9.17) is 0 Å². The number of para-hydroxylation sites is 1. The van der Waals surface area contributed by atoms with Crippen molar-refractivity contribution >= 4 is 12.1 Å². The lowest BCUT2D eigenvalue weighted by atomic mass is 10.0. The number of nitrogens with zero attached hydrogens (tertiary/aromatic N) is 2. The lowest BCUT2D eigenvalue weighted by Gasteiger charge is -2.12. The highest BCUT2D eigenvalue weighted by atomic mass is 16.3. The average Bonchev–Trinajstić information content (AvgIpc) is 2.90. The summed E-state index contributed by atoms with van der Waals surface area (Å²) in [5.74, 6) is -0.0286. The molecule has 2 N–H and O–H groups in total. The van der Waals surface area contributed by atoms with E-state index in [1.165, 1.54) is 28.5 Å². The summed E-state index contributed by atoms with van der Waals surface area (Å²) in [6.07, 6.45) is 1.44. The van der Waals surface area contributed by atoms with Crippen LogP contribution in [0.15, 0.2) is 41.5 Å². The van der Waals surface area contributed by atoms with Gasteiger partial charge in [0, 0.05) is 18.7 Å². The highest BCUT2D eigenvalue weighted by Crippen LogP contribution is 2.25. The number of phenolic OH excluding ortho intramolecular Hbond substituents is 1. The summed E-state index contributed by atoms with van der Waals surface area (Å²) in [7, 11) is 0. The molecule has 0 aliphatic carbocycles. The SMILES string of the molecule is Cc1cc2c(cc1C)CN(CC(=O)N/N=C\c1ccccc1O)C2. The largest absolute Gasteiger partial charge is 0.507 e. The average molecular weight is 323 g/mol. The molecule has 2 aromatic rings. The zero-order valence-corrected chi connectivity index (χ0v) is 13.9. The second kappa shape index (κ2) is 6.84. The predicted molar refractivity (Wildman–Crippen MR) is 93.9 cm³/mol. The second-order valence-electron chi connectivity index (χ2n) is 6.20. The number of carbonyl (C=O) groups excluding carboxylic acids is 1. The molecule has 1 aliphatic rings. The van der Waals surface area contributed by atoms with E-state index in [2.05, 4.69) is 41.4 Å². The Bertz CT molecular complexity index is 768. The van der Waals surface area contributed by atoms with Crippen molar-refractivity contribution in [3.05, 3.63) is 64.2 Å². The van der Waals surface area contributed by atoms with Crippen LogP contribution in [0, 0.1) is 13.8 Å². The normalized spacial score (nSPS) is 14.1. The number of benzene rings is 2. The van der Waals surface area contributed by atoms with Gasteiger partial charge >= 0.3 is 0 Å². The van der Waals surface area contributed by atoms with Crippen molar-refractivity contribution in [2.45, 2.75) is 26.9 Å². The van der Waals surface area contributed by atoms with Crippen molar-refractivity contribution in [3.63, 3.8) is 0 Å². The van der Waals surface area contributed by atoms with Crippen LogP contribution in [0.3, 0.4) is 0 Å². The summed E-state index contributed by atoms with van der Waals surface area (Å²) in [6, 6.07) is 11.3. The lowest BCUT2D eigenvalue weighted by Crippen LogP contribution is -2.32. The van der Waals surface area contributed by atoms with E-state index in [0.717, 1.165) is 13.1 Å².